The Bertz CT molecular complexity index is 328. The minimum absolute atomic E-state index is 0.272. The van der Waals surface area contributed by atoms with Crippen LogP contribution in [0.15, 0.2) is 11.6 Å². The summed E-state index contributed by atoms with van der Waals surface area (Å²) in [5.74, 6) is -0.857. The Morgan fingerprint density at radius 2 is 1.33 bits per heavy atom. The van der Waals surface area contributed by atoms with E-state index in [0.717, 1.165) is 0 Å². The molecule has 0 amide bonds. The summed E-state index contributed by atoms with van der Waals surface area (Å²) in [6.45, 7) is 12.6. The van der Waals surface area contributed by atoms with Gasteiger partial charge in [-0.05, 0) is 38.5 Å². The maximum Gasteiger partial charge on any atom is 0.320 e. The smallest absolute Gasteiger partial charge is 0.320 e. The second-order valence-electron chi connectivity index (χ2n) is 5.65. The number of hydrogen-bond acceptors (Lipinski definition) is 4. The van der Waals surface area contributed by atoms with Gasteiger partial charge in [-0.25, -0.2) is 0 Å². The molecule has 0 spiro atoms. The zero-order valence-electron chi connectivity index (χ0n) is 14.3. The van der Waals surface area contributed by atoms with Crippen LogP contribution in [0.25, 0.3) is 0 Å². The van der Waals surface area contributed by atoms with Crippen molar-refractivity contribution in [3.63, 3.8) is 0 Å². The minimum atomic E-state index is -0.818. The van der Waals surface area contributed by atoms with Crippen LogP contribution >= 0.6 is 0 Å². The molecule has 0 N–H and O–H groups in total. The molecule has 0 unspecified atom stereocenters. The molecule has 0 saturated heterocycles. The van der Waals surface area contributed by atoms with Crippen molar-refractivity contribution < 1.29 is 19.1 Å². The van der Waals surface area contributed by atoms with Gasteiger partial charge in [0, 0.05) is 0 Å². The van der Waals surface area contributed by atoms with Crippen molar-refractivity contribution in [3.8, 4) is 0 Å². The Morgan fingerprint density at radius 3 is 1.67 bits per heavy atom. The topological polar surface area (TPSA) is 52.6 Å². The van der Waals surface area contributed by atoms with Crippen molar-refractivity contribution in [2.45, 2.75) is 54.4 Å². The van der Waals surface area contributed by atoms with E-state index < -0.39 is 17.9 Å². The molecular formula is C17H30O4. The van der Waals surface area contributed by atoms with E-state index in [-0.39, 0.29) is 13.2 Å². The van der Waals surface area contributed by atoms with E-state index in [1.165, 1.54) is 5.57 Å². The highest BCUT2D eigenvalue weighted by Crippen LogP contribution is 2.21. The number of rotatable bonds is 9. The van der Waals surface area contributed by atoms with Crippen LogP contribution in [-0.4, -0.2) is 25.2 Å². The first-order chi connectivity index (χ1) is 9.84. The normalized spacial score (nSPS) is 10.9. The van der Waals surface area contributed by atoms with E-state index in [4.69, 9.17) is 9.47 Å². The summed E-state index contributed by atoms with van der Waals surface area (Å²) < 4.78 is 9.93. The molecule has 0 radical (unpaired) electrons. The highest BCUT2D eigenvalue weighted by Gasteiger charge is 2.28. The van der Waals surface area contributed by atoms with Gasteiger partial charge in [0.05, 0.1) is 13.2 Å². The Morgan fingerprint density at radius 1 is 0.905 bits per heavy atom. The molecule has 0 atom stereocenters. The van der Waals surface area contributed by atoms with Gasteiger partial charge in [-0.3, -0.25) is 9.59 Å². The molecule has 0 aromatic heterocycles. The predicted octanol–water partition coefficient (Wildman–Crippen LogP) is 3.75. The standard InChI is InChI=1S/C17H30O4/c1-7-20-16(18)15(17(19)21-8-2)11-9-10-14(12(3)4)13(5)6/h10,12-13,15H,7-9,11H2,1-6H3. The van der Waals surface area contributed by atoms with Gasteiger partial charge in [0.2, 0.25) is 0 Å². The second kappa shape index (κ2) is 10.4. The Balaban J connectivity index is 4.78. The monoisotopic (exact) mass is 298 g/mol. The van der Waals surface area contributed by atoms with Gasteiger partial charge in [-0.2, -0.15) is 0 Å². The lowest BCUT2D eigenvalue weighted by molar-refractivity contribution is -0.161. The first-order valence-corrected chi connectivity index (χ1v) is 7.88. The molecule has 0 aliphatic heterocycles. The molecule has 0 rings (SSSR count). The molecule has 0 heterocycles. The quantitative estimate of drug-likeness (QED) is 0.369. The molecular weight excluding hydrogens is 268 g/mol. The molecule has 21 heavy (non-hydrogen) atoms. The number of carbonyl (C=O) groups is 2. The van der Waals surface area contributed by atoms with Crippen molar-refractivity contribution >= 4 is 11.9 Å². The fourth-order valence-electron chi connectivity index (χ4n) is 2.37. The molecule has 0 bridgehead atoms. The fourth-order valence-corrected chi connectivity index (χ4v) is 2.37. The minimum Gasteiger partial charge on any atom is -0.465 e. The van der Waals surface area contributed by atoms with E-state index in [1.54, 1.807) is 13.8 Å². The first kappa shape index (κ1) is 19.7. The van der Waals surface area contributed by atoms with Gasteiger partial charge in [0.15, 0.2) is 5.92 Å². The maximum atomic E-state index is 11.9. The lowest BCUT2D eigenvalue weighted by atomic mass is 9.90. The molecule has 0 aliphatic rings. The number of carbonyl (C=O) groups excluding carboxylic acids is 2. The third-order valence-electron chi connectivity index (χ3n) is 3.31. The van der Waals surface area contributed by atoms with Crippen LogP contribution in [0.3, 0.4) is 0 Å². The van der Waals surface area contributed by atoms with Gasteiger partial charge >= 0.3 is 11.9 Å². The number of hydrogen-bond donors (Lipinski definition) is 0. The Labute approximate surface area is 128 Å². The van der Waals surface area contributed by atoms with Crippen molar-refractivity contribution in [2.24, 2.45) is 17.8 Å². The van der Waals surface area contributed by atoms with E-state index in [9.17, 15) is 9.59 Å². The van der Waals surface area contributed by atoms with Gasteiger partial charge < -0.3 is 9.47 Å². The molecule has 0 aromatic rings. The first-order valence-electron chi connectivity index (χ1n) is 7.88. The van der Waals surface area contributed by atoms with Crippen LogP contribution in [-0.2, 0) is 19.1 Å². The van der Waals surface area contributed by atoms with E-state index in [1.807, 2.05) is 0 Å². The van der Waals surface area contributed by atoms with E-state index in [0.29, 0.717) is 24.7 Å². The summed E-state index contributed by atoms with van der Waals surface area (Å²) in [7, 11) is 0. The lowest BCUT2D eigenvalue weighted by Gasteiger charge is -2.17. The molecule has 0 saturated carbocycles. The number of allylic oxidation sites excluding steroid dienone is 2. The SMILES string of the molecule is CCOC(=O)C(CCC=C(C(C)C)C(C)C)C(=O)OCC. The summed E-state index contributed by atoms with van der Waals surface area (Å²) in [5.41, 5.74) is 1.35. The van der Waals surface area contributed by atoms with Crippen LogP contribution in [0.1, 0.15) is 54.4 Å². The third kappa shape index (κ3) is 7.30. The molecule has 4 nitrogen and oxygen atoms in total. The average Bonchev–Trinajstić information content (AvgIpc) is 2.38. The van der Waals surface area contributed by atoms with Gasteiger partial charge in [0.25, 0.3) is 0 Å². The van der Waals surface area contributed by atoms with Crippen LogP contribution in [0.2, 0.25) is 0 Å². The molecule has 122 valence electrons. The van der Waals surface area contributed by atoms with Crippen LogP contribution in [0.4, 0.5) is 0 Å². The van der Waals surface area contributed by atoms with Gasteiger partial charge in [-0.15, -0.1) is 0 Å². The Kier molecular flexibility index (Phi) is 9.76. The lowest BCUT2D eigenvalue weighted by Crippen LogP contribution is -2.28. The highest BCUT2D eigenvalue weighted by atomic mass is 16.6. The molecule has 0 fully saturated rings. The van der Waals surface area contributed by atoms with Gasteiger partial charge in [0.1, 0.15) is 0 Å². The van der Waals surface area contributed by atoms with E-state index >= 15 is 0 Å². The van der Waals surface area contributed by atoms with Crippen LogP contribution in [0.5, 0.6) is 0 Å². The summed E-state index contributed by atoms with van der Waals surface area (Å²) in [4.78, 5) is 23.7. The third-order valence-corrected chi connectivity index (χ3v) is 3.31. The Hall–Kier alpha value is -1.32. The second-order valence-corrected chi connectivity index (χ2v) is 5.65. The highest BCUT2D eigenvalue weighted by molar-refractivity contribution is 5.94. The zero-order valence-corrected chi connectivity index (χ0v) is 14.3. The fraction of sp³-hybridized carbons (Fsp3) is 0.765. The van der Waals surface area contributed by atoms with Crippen molar-refractivity contribution in [1.29, 1.82) is 0 Å². The average molecular weight is 298 g/mol. The summed E-state index contributed by atoms with van der Waals surface area (Å²) in [6.07, 6.45) is 3.25. The number of ether oxygens (including phenoxy) is 2. The molecule has 0 aromatic carbocycles. The van der Waals surface area contributed by atoms with Gasteiger partial charge in [-0.1, -0.05) is 39.3 Å². The van der Waals surface area contributed by atoms with Crippen molar-refractivity contribution in [2.75, 3.05) is 13.2 Å². The van der Waals surface area contributed by atoms with Crippen LogP contribution in [0, 0.1) is 17.8 Å². The molecule has 0 aliphatic carbocycles. The summed E-state index contributed by atoms with van der Waals surface area (Å²) in [6, 6.07) is 0. The maximum absolute atomic E-state index is 11.9. The molecule has 4 heteroatoms. The van der Waals surface area contributed by atoms with Crippen LogP contribution < -0.4 is 0 Å². The summed E-state index contributed by atoms with van der Waals surface area (Å²) >= 11 is 0. The number of esters is 2. The predicted molar refractivity (Wildman–Crippen MR) is 83.7 cm³/mol. The zero-order chi connectivity index (χ0) is 16.4. The van der Waals surface area contributed by atoms with E-state index in [2.05, 4.69) is 33.8 Å². The largest absolute Gasteiger partial charge is 0.465 e. The van der Waals surface area contributed by atoms with Crippen molar-refractivity contribution in [1.82, 2.24) is 0 Å². The summed E-state index contributed by atoms with van der Waals surface area (Å²) in [5, 5.41) is 0. The van der Waals surface area contributed by atoms with Crippen molar-refractivity contribution in [3.05, 3.63) is 11.6 Å².